The predicted octanol–water partition coefficient (Wildman–Crippen LogP) is 3.47. The smallest absolute Gasteiger partial charge is 0.273 e. The van der Waals surface area contributed by atoms with Crippen LogP contribution >= 0.6 is 0 Å². The number of carbonyl (C=O) groups is 1. The average Bonchev–Trinajstić information content (AvgIpc) is 3.10. The van der Waals surface area contributed by atoms with Gasteiger partial charge in [0.05, 0.1) is 0 Å². The van der Waals surface area contributed by atoms with Gasteiger partial charge in [-0.05, 0) is 43.4 Å². The van der Waals surface area contributed by atoms with E-state index in [1.54, 1.807) is 0 Å². The summed E-state index contributed by atoms with van der Waals surface area (Å²) in [5.41, 5.74) is 0.765. The van der Waals surface area contributed by atoms with Gasteiger partial charge in [0.1, 0.15) is 6.10 Å². The van der Waals surface area contributed by atoms with Crippen LogP contribution in [0.2, 0.25) is 0 Å². The van der Waals surface area contributed by atoms with Crippen LogP contribution in [0.4, 0.5) is 0 Å². The highest BCUT2D eigenvalue weighted by molar-refractivity contribution is 5.93. The number of hydrogen-bond acceptors (Lipinski definition) is 4. The highest BCUT2D eigenvalue weighted by Crippen LogP contribution is 2.38. The quantitative estimate of drug-likeness (QED) is 0.928. The van der Waals surface area contributed by atoms with Gasteiger partial charge in [-0.15, -0.1) is 0 Å². The van der Waals surface area contributed by atoms with Crippen molar-refractivity contribution in [2.75, 3.05) is 6.61 Å². The zero-order valence-electron chi connectivity index (χ0n) is 13.7. The van der Waals surface area contributed by atoms with E-state index in [1.165, 1.54) is 6.39 Å². The monoisotopic (exact) mass is 306 g/mol. The molecule has 2 aliphatic rings. The number of nitrogens with zero attached hydrogens (tertiary/aromatic N) is 1. The molecular weight excluding hydrogens is 280 g/mol. The second-order valence-electron chi connectivity index (χ2n) is 7.53. The molecular formula is C17H26N2O3. The number of nitrogens with one attached hydrogen (secondary N) is 1. The topological polar surface area (TPSA) is 64.4 Å². The molecule has 0 spiro atoms. The van der Waals surface area contributed by atoms with E-state index < -0.39 is 0 Å². The van der Waals surface area contributed by atoms with Crippen LogP contribution < -0.4 is 5.32 Å². The van der Waals surface area contributed by atoms with Crippen LogP contribution in [0.1, 0.15) is 75.2 Å². The Bertz CT molecular complexity index is 532. The van der Waals surface area contributed by atoms with Crippen molar-refractivity contribution in [1.29, 1.82) is 0 Å². The molecule has 0 unspecified atom stereocenters. The van der Waals surface area contributed by atoms with Crippen molar-refractivity contribution in [1.82, 2.24) is 10.3 Å². The van der Waals surface area contributed by atoms with Crippen LogP contribution in [0.3, 0.4) is 0 Å². The first-order valence-corrected chi connectivity index (χ1v) is 8.32. The fourth-order valence-corrected chi connectivity index (χ4v) is 3.84. The highest BCUT2D eigenvalue weighted by Gasteiger charge is 2.35. The Balaban J connectivity index is 1.66. The highest BCUT2D eigenvalue weighted by atomic mass is 16.5. The molecule has 0 aromatic carbocycles. The van der Waals surface area contributed by atoms with Crippen molar-refractivity contribution in [3.05, 3.63) is 17.8 Å². The largest absolute Gasteiger partial charge is 0.445 e. The molecule has 5 nitrogen and oxygen atoms in total. The first-order valence-electron chi connectivity index (χ1n) is 8.32. The minimum absolute atomic E-state index is 0.119. The van der Waals surface area contributed by atoms with Crippen molar-refractivity contribution in [2.45, 2.75) is 65.0 Å². The maximum Gasteiger partial charge on any atom is 0.273 e. The van der Waals surface area contributed by atoms with Crippen LogP contribution in [0.5, 0.6) is 0 Å². The van der Waals surface area contributed by atoms with Crippen LogP contribution in [0, 0.1) is 11.3 Å². The van der Waals surface area contributed by atoms with E-state index in [2.05, 4.69) is 31.1 Å². The summed E-state index contributed by atoms with van der Waals surface area (Å²) in [6.07, 6.45) is 6.41. The molecule has 22 heavy (non-hydrogen) atoms. The van der Waals surface area contributed by atoms with Gasteiger partial charge in [-0.1, -0.05) is 20.8 Å². The van der Waals surface area contributed by atoms with Gasteiger partial charge in [0, 0.05) is 12.6 Å². The summed E-state index contributed by atoms with van der Waals surface area (Å²) in [6, 6.07) is 0.217. The average molecular weight is 306 g/mol. The van der Waals surface area contributed by atoms with Crippen molar-refractivity contribution in [3.63, 3.8) is 0 Å². The summed E-state index contributed by atoms with van der Waals surface area (Å²) in [4.78, 5) is 16.7. The Morgan fingerprint density at radius 3 is 2.91 bits per heavy atom. The van der Waals surface area contributed by atoms with Gasteiger partial charge in [0.2, 0.25) is 0 Å². The SMILES string of the molecule is C[C@@H]1CC(C)(C)CC[C@@H]1NC(=O)c1ncoc1[C@@H]1CCCO1. The van der Waals surface area contributed by atoms with E-state index in [-0.39, 0.29) is 18.1 Å². The van der Waals surface area contributed by atoms with Gasteiger partial charge < -0.3 is 14.5 Å². The van der Waals surface area contributed by atoms with Gasteiger partial charge >= 0.3 is 0 Å². The second kappa shape index (κ2) is 6.03. The fourth-order valence-electron chi connectivity index (χ4n) is 3.84. The molecule has 5 heteroatoms. The Hall–Kier alpha value is -1.36. The van der Waals surface area contributed by atoms with E-state index in [0.29, 0.717) is 22.8 Å². The summed E-state index contributed by atoms with van der Waals surface area (Å²) in [7, 11) is 0. The molecule has 1 saturated carbocycles. The molecule has 1 aliphatic heterocycles. The van der Waals surface area contributed by atoms with Crippen LogP contribution in [-0.2, 0) is 4.74 Å². The number of rotatable bonds is 3. The van der Waals surface area contributed by atoms with E-state index in [1.807, 2.05) is 0 Å². The summed E-state index contributed by atoms with van der Waals surface area (Å²) in [5.74, 6) is 0.931. The number of amides is 1. The van der Waals surface area contributed by atoms with E-state index in [0.717, 1.165) is 38.7 Å². The lowest BCUT2D eigenvalue weighted by Crippen LogP contribution is -2.44. The lowest BCUT2D eigenvalue weighted by Gasteiger charge is -2.39. The van der Waals surface area contributed by atoms with Gasteiger partial charge in [-0.3, -0.25) is 4.79 Å². The zero-order valence-corrected chi connectivity index (χ0v) is 13.7. The Kier molecular flexibility index (Phi) is 4.26. The molecule has 0 bridgehead atoms. The molecule has 1 saturated heterocycles. The Morgan fingerprint density at radius 2 is 2.23 bits per heavy atom. The molecule has 3 atom stereocenters. The first kappa shape index (κ1) is 15.5. The molecule has 1 aromatic rings. The number of oxazole rings is 1. The zero-order chi connectivity index (χ0) is 15.7. The van der Waals surface area contributed by atoms with Crippen molar-refractivity contribution in [2.24, 2.45) is 11.3 Å². The maximum absolute atomic E-state index is 12.6. The van der Waals surface area contributed by atoms with Gasteiger partial charge in [0.15, 0.2) is 17.8 Å². The molecule has 1 N–H and O–H groups in total. The van der Waals surface area contributed by atoms with Crippen LogP contribution in [0.15, 0.2) is 10.8 Å². The molecule has 1 amide bonds. The van der Waals surface area contributed by atoms with E-state index >= 15 is 0 Å². The number of ether oxygens (including phenoxy) is 1. The minimum atomic E-state index is -0.129. The van der Waals surface area contributed by atoms with E-state index in [9.17, 15) is 4.79 Å². The van der Waals surface area contributed by atoms with Crippen molar-refractivity contribution >= 4 is 5.91 Å². The Morgan fingerprint density at radius 1 is 1.41 bits per heavy atom. The third-order valence-electron chi connectivity index (χ3n) is 5.04. The fraction of sp³-hybridized carbons (Fsp3) is 0.765. The van der Waals surface area contributed by atoms with Crippen molar-refractivity contribution in [3.8, 4) is 0 Å². The minimum Gasteiger partial charge on any atom is -0.445 e. The number of hydrogen-bond donors (Lipinski definition) is 1. The summed E-state index contributed by atoms with van der Waals surface area (Å²) < 4.78 is 11.0. The lowest BCUT2D eigenvalue weighted by molar-refractivity contribution is 0.0807. The van der Waals surface area contributed by atoms with Gasteiger partial charge in [-0.2, -0.15) is 0 Å². The van der Waals surface area contributed by atoms with Crippen LogP contribution in [-0.4, -0.2) is 23.5 Å². The first-order chi connectivity index (χ1) is 10.5. The summed E-state index contributed by atoms with van der Waals surface area (Å²) >= 11 is 0. The third kappa shape index (κ3) is 3.19. The molecule has 1 aromatic heterocycles. The normalized spacial score (nSPS) is 31.1. The predicted molar refractivity (Wildman–Crippen MR) is 82.5 cm³/mol. The lowest BCUT2D eigenvalue weighted by atomic mass is 9.70. The number of carbonyl (C=O) groups excluding carboxylic acids is 1. The maximum atomic E-state index is 12.6. The molecule has 2 fully saturated rings. The second-order valence-corrected chi connectivity index (χ2v) is 7.53. The third-order valence-corrected chi connectivity index (χ3v) is 5.04. The standard InChI is InChI=1S/C17H26N2O3/c1-11-9-17(2,3)7-6-12(11)19-16(20)14-15(22-10-18-14)13-5-4-8-21-13/h10-13H,4-9H2,1-3H3,(H,19,20)/t11-,12+,13+/m1/s1. The molecule has 1 aliphatic carbocycles. The molecule has 0 radical (unpaired) electrons. The molecule has 2 heterocycles. The Labute approximate surface area is 131 Å². The van der Waals surface area contributed by atoms with Crippen LogP contribution in [0.25, 0.3) is 0 Å². The van der Waals surface area contributed by atoms with Crippen molar-refractivity contribution < 1.29 is 13.9 Å². The summed E-state index contributed by atoms with van der Waals surface area (Å²) in [6.45, 7) is 7.54. The molecule has 3 rings (SSSR count). The van der Waals surface area contributed by atoms with Gasteiger partial charge in [0.25, 0.3) is 5.91 Å². The van der Waals surface area contributed by atoms with E-state index in [4.69, 9.17) is 9.15 Å². The van der Waals surface area contributed by atoms with Gasteiger partial charge in [-0.25, -0.2) is 4.98 Å². The summed E-state index contributed by atoms with van der Waals surface area (Å²) in [5, 5.41) is 3.16. The molecule has 122 valence electrons. The number of aromatic nitrogens is 1.